The molecule has 2 rings (SSSR count). The van der Waals surface area contributed by atoms with Crippen LogP contribution >= 0.6 is 23.2 Å². The van der Waals surface area contributed by atoms with Crippen molar-refractivity contribution in [1.29, 1.82) is 0 Å². The van der Waals surface area contributed by atoms with E-state index in [1.54, 1.807) is 42.5 Å². The number of anilines is 1. The summed E-state index contributed by atoms with van der Waals surface area (Å²) in [5.74, 6) is 0.384. The molecule has 0 fully saturated rings. The van der Waals surface area contributed by atoms with E-state index >= 15 is 0 Å². The number of nitrogens with two attached hydrogens (primary N) is 1. The molecule has 0 aliphatic carbocycles. The molecule has 144 valence electrons. The lowest BCUT2D eigenvalue weighted by Gasteiger charge is -2.12. The molecule has 0 aliphatic heterocycles. The first-order chi connectivity index (χ1) is 13.0. The molecule has 0 unspecified atom stereocenters. The Morgan fingerprint density at radius 1 is 0.963 bits per heavy atom. The van der Waals surface area contributed by atoms with Crippen LogP contribution in [-0.4, -0.2) is 25.0 Å². The summed E-state index contributed by atoms with van der Waals surface area (Å²) in [6.45, 7) is 0.490. The maximum atomic E-state index is 12.1. The second kappa shape index (κ2) is 10.6. The van der Waals surface area contributed by atoms with E-state index in [0.29, 0.717) is 40.3 Å². The first-order valence-corrected chi connectivity index (χ1v) is 9.09. The van der Waals surface area contributed by atoms with Gasteiger partial charge in [-0.15, -0.1) is 0 Å². The minimum atomic E-state index is -0.447. The largest absolute Gasteiger partial charge is 0.492 e. The number of ether oxygens (including phenoxy) is 2. The Bertz CT molecular complexity index is 799. The highest BCUT2D eigenvalue weighted by Crippen LogP contribution is 2.28. The van der Waals surface area contributed by atoms with E-state index in [-0.39, 0.29) is 25.4 Å². The van der Waals surface area contributed by atoms with Crippen LogP contribution in [-0.2, 0) is 9.59 Å². The lowest BCUT2D eigenvalue weighted by Crippen LogP contribution is -2.16. The van der Waals surface area contributed by atoms with Crippen molar-refractivity contribution in [2.75, 3.05) is 18.5 Å². The van der Waals surface area contributed by atoms with Gasteiger partial charge in [-0.1, -0.05) is 35.3 Å². The fraction of sp³-hybridized carbons (Fsp3) is 0.263. The van der Waals surface area contributed by atoms with Crippen LogP contribution in [0.1, 0.15) is 19.3 Å². The molecular formula is C19H20Cl2N2O4. The average molecular weight is 411 g/mol. The second-order valence-corrected chi connectivity index (χ2v) is 6.48. The first kappa shape index (κ1) is 20.9. The number of primary amides is 1. The van der Waals surface area contributed by atoms with Crippen LogP contribution in [0.2, 0.25) is 10.0 Å². The Hall–Kier alpha value is -2.44. The molecule has 6 nitrogen and oxygen atoms in total. The first-order valence-electron chi connectivity index (χ1n) is 8.33. The molecule has 3 N–H and O–H groups in total. The molecule has 2 aromatic carbocycles. The number of para-hydroxylation sites is 2. The number of nitrogens with one attached hydrogen (secondary N) is 1. The number of carbonyl (C=O) groups is 2. The molecule has 0 radical (unpaired) electrons. The summed E-state index contributed by atoms with van der Waals surface area (Å²) < 4.78 is 11.0. The summed E-state index contributed by atoms with van der Waals surface area (Å²) in [4.78, 5) is 22.9. The van der Waals surface area contributed by atoms with E-state index in [1.807, 2.05) is 0 Å². The highest BCUT2D eigenvalue weighted by Gasteiger charge is 2.09. The smallest absolute Gasteiger partial charge is 0.224 e. The minimum absolute atomic E-state index is 0.104. The number of rotatable bonds is 10. The van der Waals surface area contributed by atoms with Crippen LogP contribution in [0, 0.1) is 0 Å². The number of amides is 2. The van der Waals surface area contributed by atoms with Gasteiger partial charge in [-0.3, -0.25) is 9.59 Å². The Morgan fingerprint density at radius 3 is 2.44 bits per heavy atom. The highest BCUT2D eigenvalue weighted by atomic mass is 35.5. The molecule has 0 saturated heterocycles. The van der Waals surface area contributed by atoms with E-state index in [2.05, 4.69) is 5.32 Å². The number of halogens is 2. The van der Waals surface area contributed by atoms with E-state index in [4.69, 9.17) is 38.4 Å². The molecule has 8 heteroatoms. The van der Waals surface area contributed by atoms with Crippen molar-refractivity contribution in [3.8, 4) is 11.5 Å². The van der Waals surface area contributed by atoms with Crippen LogP contribution in [0.15, 0.2) is 42.5 Å². The van der Waals surface area contributed by atoms with Gasteiger partial charge in [0.2, 0.25) is 11.8 Å². The normalized spacial score (nSPS) is 10.3. The van der Waals surface area contributed by atoms with Crippen molar-refractivity contribution in [1.82, 2.24) is 0 Å². The van der Waals surface area contributed by atoms with Crippen molar-refractivity contribution >= 4 is 40.7 Å². The number of hydrogen-bond donors (Lipinski definition) is 2. The van der Waals surface area contributed by atoms with Crippen LogP contribution in [0.25, 0.3) is 0 Å². The maximum absolute atomic E-state index is 12.1. The molecule has 0 aromatic heterocycles. The highest BCUT2D eigenvalue weighted by molar-refractivity contribution is 6.35. The molecule has 0 bridgehead atoms. The SMILES string of the molecule is NC(=O)CCOc1ccccc1NC(=O)CCCOc1ccc(Cl)cc1Cl. The zero-order chi connectivity index (χ0) is 19.6. The van der Waals surface area contributed by atoms with Gasteiger partial charge in [0.05, 0.1) is 30.3 Å². The van der Waals surface area contributed by atoms with Gasteiger partial charge in [0.25, 0.3) is 0 Å². The quantitative estimate of drug-likeness (QED) is 0.578. The summed E-state index contributed by atoms with van der Waals surface area (Å²) in [7, 11) is 0. The number of hydrogen-bond acceptors (Lipinski definition) is 4. The molecule has 0 spiro atoms. The van der Waals surface area contributed by atoms with Gasteiger partial charge in [-0.2, -0.15) is 0 Å². The maximum Gasteiger partial charge on any atom is 0.224 e. The minimum Gasteiger partial charge on any atom is -0.492 e. The summed E-state index contributed by atoms with van der Waals surface area (Å²) in [6, 6.07) is 12.0. The van der Waals surface area contributed by atoms with E-state index in [0.717, 1.165) is 0 Å². The molecule has 0 heterocycles. The van der Waals surface area contributed by atoms with E-state index in [1.165, 1.54) is 0 Å². The van der Waals surface area contributed by atoms with Gasteiger partial charge in [-0.25, -0.2) is 0 Å². The van der Waals surface area contributed by atoms with Gasteiger partial charge in [0.1, 0.15) is 11.5 Å². The zero-order valence-electron chi connectivity index (χ0n) is 14.5. The van der Waals surface area contributed by atoms with Crippen LogP contribution in [0.4, 0.5) is 5.69 Å². The predicted molar refractivity (Wildman–Crippen MR) is 106 cm³/mol. The second-order valence-electron chi connectivity index (χ2n) is 5.64. The fourth-order valence-corrected chi connectivity index (χ4v) is 2.64. The average Bonchev–Trinajstić information content (AvgIpc) is 2.61. The topological polar surface area (TPSA) is 90.7 Å². The van der Waals surface area contributed by atoms with Gasteiger partial charge < -0.3 is 20.5 Å². The molecule has 27 heavy (non-hydrogen) atoms. The van der Waals surface area contributed by atoms with Crippen molar-refractivity contribution in [3.05, 3.63) is 52.5 Å². The lowest BCUT2D eigenvalue weighted by molar-refractivity contribution is -0.118. The van der Waals surface area contributed by atoms with Crippen molar-refractivity contribution in [2.24, 2.45) is 5.73 Å². The molecule has 0 saturated carbocycles. The van der Waals surface area contributed by atoms with Crippen LogP contribution in [0.5, 0.6) is 11.5 Å². The van der Waals surface area contributed by atoms with Crippen molar-refractivity contribution in [3.63, 3.8) is 0 Å². The van der Waals surface area contributed by atoms with E-state index < -0.39 is 5.91 Å². The monoisotopic (exact) mass is 410 g/mol. The molecular weight excluding hydrogens is 391 g/mol. The number of benzene rings is 2. The standard InChI is InChI=1S/C19H20Cl2N2O4/c20-13-7-8-16(14(21)12-13)26-10-3-6-19(25)23-15-4-1-2-5-17(15)27-11-9-18(22)24/h1-2,4-5,7-8,12H,3,6,9-11H2,(H2,22,24)(H,23,25). The summed E-state index contributed by atoms with van der Waals surface area (Å²) >= 11 is 11.9. The summed E-state index contributed by atoms with van der Waals surface area (Å²) in [5, 5.41) is 3.74. The Kier molecular flexibility index (Phi) is 8.23. The van der Waals surface area contributed by atoms with Gasteiger partial charge >= 0.3 is 0 Å². The van der Waals surface area contributed by atoms with Crippen molar-refractivity contribution in [2.45, 2.75) is 19.3 Å². The van der Waals surface area contributed by atoms with Gasteiger partial charge in [-0.05, 0) is 36.8 Å². The zero-order valence-corrected chi connectivity index (χ0v) is 16.1. The third-order valence-corrected chi connectivity index (χ3v) is 4.00. The third-order valence-electron chi connectivity index (χ3n) is 3.47. The summed E-state index contributed by atoms with van der Waals surface area (Å²) in [5.41, 5.74) is 5.62. The number of carbonyl (C=O) groups excluding carboxylic acids is 2. The van der Waals surface area contributed by atoms with E-state index in [9.17, 15) is 9.59 Å². The molecule has 0 aliphatic rings. The van der Waals surface area contributed by atoms with Gasteiger partial charge in [0.15, 0.2) is 0 Å². The Morgan fingerprint density at radius 2 is 1.70 bits per heavy atom. The Balaban J connectivity index is 1.77. The molecule has 2 amide bonds. The van der Waals surface area contributed by atoms with Gasteiger partial charge in [0, 0.05) is 11.4 Å². The lowest BCUT2D eigenvalue weighted by atomic mass is 10.2. The summed E-state index contributed by atoms with van der Waals surface area (Å²) in [6.07, 6.45) is 0.878. The van der Waals surface area contributed by atoms with Crippen LogP contribution < -0.4 is 20.5 Å². The van der Waals surface area contributed by atoms with Crippen LogP contribution in [0.3, 0.4) is 0 Å². The predicted octanol–water partition coefficient (Wildman–Crippen LogP) is 4.05. The fourth-order valence-electron chi connectivity index (χ4n) is 2.18. The molecule has 2 aromatic rings. The third kappa shape index (κ3) is 7.37. The Labute approximate surface area is 167 Å². The van der Waals surface area contributed by atoms with Crippen molar-refractivity contribution < 1.29 is 19.1 Å². The molecule has 0 atom stereocenters.